The zero-order chi connectivity index (χ0) is 8.43. The van der Waals surface area contributed by atoms with Crippen molar-refractivity contribution in [1.29, 1.82) is 0 Å². The Labute approximate surface area is 62.1 Å². The molecule has 0 aliphatic carbocycles. The highest BCUT2D eigenvalue weighted by molar-refractivity contribution is 5.85. The molecule has 1 N–H and O–H groups in total. The van der Waals surface area contributed by atoms with Crippen LogP contribution in [0.25, 0.3) is 0 Å². The molecule has 4 nitrogen and oxygen atoms in total. The molecule has 0 atom stereocenters. The first-order valence-electron chi connectivity index (χ1n) is 2.94. The second-order valence-electron chi connectivity index (χ2n) is 2.04. The van der Waals surface area contributed by atoms with E-state index in [9.17, 15) is 9.59 Å². The SMILES string of the molecule is Cc1c(C(=O)O)occc1=O. The van der Waals surface area contributed by atoms with E-state index in [2.05, 4.69) is 4.42 Å². The minimum Gasteiger partial charge on any atom is -0.475 e. The maximum absolute atomic E-state index is 10.8. The number of rotatable bonds is 1. The Hall–Kier alpha value is -1.58. The van der Waals surface area contributed by atoms with Crippen molar-refractivity contribution in [2.45, 2.75) is 6.92 Å². The molecular weight excluding hydrogens is 148 g/mol. The Morgan fingerprint density at radius 3 is 2.73 bits per heavy atom. The smallest absolute Gasteiger partial charge is 0.372 e. The highest BCUT2D eigenvalue weighted by Crippen LogP contribution is 2.00. The van der Waals surface area contributed by atoms with Gasteiger partial charge in [0.2, 0.25) is 5.76 Å². The highest BCUT2D eigenvalue weighted by Gasteiger charge is 2.10. The quantitative estimate of drug-likeness (QED) is 0.644. The van der Waals surface area contributed by atoms with E-state index in [1.807, 2.05) is 0 Å². The lowest BCUT2D eigenvalue weighted by Crippen LogP contribution is -2.10. The van der Waals surface area contributed by atoms with Crippen molar-refractivity contribution in [2.75, 3.05) is 0 Å². The van der Waals surface area contributed by atoms with Crippen LogP contribution in [-0.2, 0) is 0 Å². The maximum atomic E-state index is 10.8. The van der Waals surface area contributed by atoms with Crippen LogP contribution in [0.3, 0.4) is 0 Å². The van der Waals surface area contributed by atoms with Crippen LogP contribution in [0.15, 0.2) is 21.5 Å². The molecule has 0 bridgehead atoms. The zero-order valence-electron chi connectivity index (χ0n) is 5.83. The Bertz CT molecular complexity index is 337. The van der Waals surface area contributed by atoms with E-state index in [-0.39, 0.29) is 16.8 Å². The third-order valence-electron chi connectivity index (χ3n) is 1.31. The van der Waals surface area contributed by atoms with Gasteiger partial charge in [-0.2, -0.15) is 0 Å². The average Bonchev–Trinajstić information content (AvgIpc) is 1.94. The second kappa shape index (κ2) is 2.57. The van der Waals surface area contributed by atoms with Crippen LogP contribution in [0.4, 0.5) is 0 Å². The van der Waals surface area contributed by atoms with Crippen LogP contribution in [-0.4, -0.2) is 11.1 Å². The fourth-order valence-electron chi connectivity index (χ4n) is 0.700. The van der Waals surface area contributed by atoms with Gasteiger partial charge in [-0.3, -0.25) is 4.79 Å². The molecule has 0 spiro atoms. The molecule has 0 fully saturated rings. The van der Waals surface area contributed by atoms with E-state index in [1.165, 1.54) is 13.0 Å². The molecule has 1 aromatic rings. The van der Waals surface area contributed by atoms with Crippen LogP contribution in [0.5, 0.6) is 0 Å². The lowest BCUT2D eigenvalue weighted by molar-refractivity contribution is 0.0658. The van der Waals surface area contributed by atoms with E-state index in [0.717, 1.165) is 6.26 Å². The summed E-state index contributed by atoms with van der Waals surface area (Å²) in [7, 11) is 0. The zero-order valence-corrected chi connectivity index (χ0v) is 5.83. The van der Waals surface area contributed by atoms with Gasteiger partial charge in [-0.25, -0.2) is 4.79 Å². The Balaban J connectivity index is 3.39. The summed E-state index contributed by atoms with van der Waals surface area (Å²) in [5.41, 5.74) is -0.200. The summed E-state index contributed by atoms with van der Waals surface area (Å²) in [6.45, 7) is 1.41. The molecule has 58 valence electrons. The molecule has 1 rings (SSSR count). The number of aromatic carboxylic acids is 1. The molecule has 0 aliphatic rings. The fourth-order valence-corrected chi connectivity index (χ4v) is 0.700. The van der Waals surface area contributed by atoms with Crippen LogP contribution < -0.4 is 5.43 Å². The number of carbonyl (C=O) groups is 1. The van der Waals surface area contributed by atoms with Crippen molar-refractivity contribution in [3.63, 3.8) is 0 Å². The molecule has 0 saturated carbocycles. The summed E-state index contributed by atoms with van der Waals surface area (Å²) in [4.78, 5) is 21.2. The molecule has 11 heavy (non-hydrogen) atoms. The molecule has 0 radical (unpaired) electrons. The van der Waals surface area contributed by atoms with Gasteiger partial charge in [-0.1, -0.05) is 0 Å². The van der Waals surface area contributed by atoms with Crippen LogP contribution in [0.2, 0.25) is 0 Å². The summed E-state index contributed by atoms with van der Waals surface area (Å²) in [5.74, 6) is -1.52. The monoisotopic (exact) mass is 154 g/mol. The first kappa shape index (κ1) is 7.53. The second-order valence-corrected chi connectivity index (χ2v) is 2.04. The molecule has 1 heterocycles. The van der Waals surface area contributed by atoms with E-state index in [4.69, 9.17) is 5.11 Å². The van der Waals surface area contributed by atoms with Gasteiger partial charge in [-0.15, -0.1) is 0 Å². The number of hydrogen-bond acceptors (Lipinski definition) is 3. The van der Waals surface area contributed by atoms with E-state index < -0.39 is 5.97 Å². The van der Waals surface area contributed by atoms with Gasteiger partial charge >= 0.3 is 5.97 Å². The Kier molecular flexibility index (Phi) is 1.76. The van der Waals surface area contributed by atoms with Crippen molar-refractivity contribution >= 4 is 5.97 Å². The van der Waals surface area contributed by atoms with E-state index >= 15 is 0 Å². The van der Waals surface area contributed by atoms with Gasteiger partial charge in [0, 0.05) is 11.6 Å². The molecular formula is C7H6O4. The fraction of sp³-hybridized carbons (Fsp3) is 0.143. The third-order valence-corrected chi connectivity index (χ3v) is 1.31. The topological polar surface area (TPSA) is 67.5 Å². The van der Waals surface area contributed by atoms with Crippen molar-refractivity contribution in [3.05, 3.63) is 33.9 Å². The first-order valence-corrected chi connectivity index (χ1v) is 2.94. The molecule has 4 heteroatoms. The summed E-state index contributed by atoms with van der Waals surface area (Å²) >= 11 is 0. The van der Waals surface area contributed by atoms with Gasteiger partial charge in [0.15, 0.2) is 5.43 Å². The summed E-state index contributed by atoms with van der Waals surface area (Å²) in [5, 5.41) is 8.46. The standard InChI is InChI=1S/C7H6O4/c1-4-5(8)2-3-11-6(4)7(9)10/h2-3H,1H3,(H,9,10). The van der Waals surface area contributed by atoms with Gasteiger partial charge in [-0.05, 0) is 6.92 Å². The van der Waals surface area contributed by atoms with Gasteiger partial charge in [0.25, 0.3) is 0 Å². The van der Waals surface area contributed by atoms with Gasteiger partial charge in [0.1, 0.15) is 0 Å². The average molecular weight is 154 g/mol. The largest absolute Gasteiger partial charge is 0.475 e. The van der Waals surface area contributed by atoms with E-state index in [1.54, 1.807) is 0 Å². The molecule has 0 amide bonds. The van der Waals surface area contributed by atoms with Crippen LogP contribution >= 0.6 is 0 Å². The number of hydrogen-bond donors (Lipinski definition) is 1. The number of carboxylic acid groups (broad SMARTS) is 1. The molecule has 0 aliphatic heterocycles. The normalized spacial score (nSPS) is 9.55. The molecule has 1 aromatic heterocycles. The lowest BCUT2D eigenvalue weighted by atomic mass is 10.2. The lowest BCUT2D eigenvalue weighted by Gasteiger charge is -1.94. The Morgan fingerprint density at radius 1 is 1.64 bits per heavy atom. The number of carboxylic acids is 1. The predicted octanol–water partition coefficient (Wildman–Crippen LogP) is 0.646. The summed E-state index contributed by atoms with van der Waals surface area (Å²) < 4.78 is 4.60. The van der Waals surface area contributed by atoms with Crippen LogP contribution in [0, 0.1) is 6.92 Å². The van der Waals surface area contributed by atoms with Gasteiger partial charge < -0.3 is 9.52 Å². The summed E-state index contributed by atoms with van der Waals surface area (Å²) in [6, 6.07) is 1.18. The summed E-state index contributed by atoms with van der Waals surface area (Å²) in [6.07, 6.45) is 1.07. The van der Waals surface area contributed by atoms with Crippen LogP contribution in [0.1, 0.15) is 16.1 Å². The first-order chi connectivity index (χ1) is 5.13. The van der Waals surface area contributed by atoms with Crippen molar-refractivity contribution < 1.29 is 14.3 Å². The minimum absolute atomic E-state index is 0.125. The van der Waals surface area contributed by atoms with Crippen molar-refractivity contribution in [3.8, 4) is 0 Å². The minimum atomic E-state index is -1.22. The Morgan fingerprint density at radius 2 is 2.27 bits per heavy atom. The molecule has 0 saturated heterocycles. The van der Waals surface area contributed by atoms with E-state index in [0.29, 0.717) is 0 Å². The maximum Gasteiger partial charge on any atom is 0.372 e. The molecule has 0 unspecified atom stereocenters. The predicted molar refractivity (Wildman–Crippen MR) is 36.7 cm³/mol. The van der Waals surface area contributed by atoms with Gasteiger partial charge in [0.05, 0.1) is 6.26 Å². The van der Waals surface area contributed by atoms with Crippen molar-refractivity contribution in [2.24, 2.45) is 0 Å². The third kappa shape index (κ3) is 1.29. The molecule has 0 aromatic carbocycles. The highest BCUT2D eigenvalue weighted by atomic mass is 16.4. The van der Waals surface area contributed by atoms with Crippen molar-refractivity contribution in [1.82, 2.24) is 0 Å².